The van der Waals surface area contributed by atoms with E-state index in [0.717, 1.165) is 11.1 Å². The fourth-order valence-electron chi connectivity index (χ4n) is 2.70. The Balaban J connectivity index is 1.81. The molecule has 0 aromatic heterocycles. The molecule has 0 atom stereocenters. The van der Waals surface area contributed by atoms with E-state index in [1.165, 1.54) is 6.07 Å². The summed E-state index contributed by atoms with van der Waals surface area (Å²) in [6, 6.07) is 12.4. The lowest BCUT2D eigenvalue weighted by atomic mass is 10.1. The van der Waals surface area contributed by atoms with Gasteiger partial charge in [0.15, 0.2) is 5.96 Å². The van der Waals surface area contributed by atoms with E-state index in [9.17, 15) is 13.6 Å². The molecular weight excluding hydrogens is 378 g/mol. The predicted octanol–water partition coefficient (Wildman–Crippen LogP) is 3.00. The molecule has 0 spiro atoms. The van der Waals surface area contributed by atoms with Crippen LogP contribution in [0, 0.1) is 13.8 Å². The van der Waals surface area contributed by atoms with E-state index in [4.69, 9.17) is 0 Å². The smallest absolute Gasteiger partial charge is 0.387 e. The van der Waals surface area contributed by atoms with E-state index in [2.05, 4.69) is 25.7 Å². The molecule has 0 aliphatic rings. The molecule has 156 valence electrons. The zero-order chi connectivity index (χ0) is 21.2. The number of nitrogens with one attached hydrogen (secondary N) is 3. The van der Waals surface area contributed by atoms with Crippen LogP contribution < -0.4 is 20.7 Å². The van der Waals surface area contributed by atoms with Gasteiger partial charge in [-0.2, -0.15) is 8.78 Å². The van der Waals surface area contributed by atoms with Gasteiger partial charge < -0.3 is 20.7 Å². The summed E-state index contributed by atoms with van der Waals surface area (Å²) in [5, 5.41) is 8.95. The van der Waals surface area contributed by atoms with E-state index in [1.54, 1.807) is 25.2 Å². The third kappa shape index (κ3) is 7.40. The first-order valence-electron chi connectivity index (χ1n) is 9.22. The number of benzene rings is 2. The Morgan fingerprint density at radius 2 is 1.76 bits per heavy atom. The number of alkyl halides is 2. The molecule has 0 unspecified atom stereocenters. The van der Waals surface area contributed by atoms with Crippen LogP contribution in [0.3, 0.4) is 0 Å². The third-order valence-corrected chi connectivity index (χ3v) is 4.09. The molecular formula is C21H26F2N4O2. The molecule has 8 heteroatoms. The van der Waals surface area contributed by atoms with Gasteiger partial charge in [0.05, 0.1) is 0 Å². The number of halogens is 2. The van der Waals surface area contributed by atoms with Crippen LogP contribution in [0.1, 0.15) is 27.0 Å². The summed E-state index contributed by atoms with van der Waals surface area (Å²) >= 11 is 0. The second kappa shape index (κ2) is 11.0. The van der Waals surface area contributed by atoms with E-state index in [0.29, 0.717) is 30.2 Å². The highest BCUT2D eigenvalue weighted by atomic mass is 19.3. The number of hydrogen-bond donors (Lipinski definition) is 3. The quantitative estimate of drug-likeness (QED) is 0.359. The van der Waals surface area contributed by atoms with Crippen molar-refractivity contribution in [1.29, 1.82) is 0 Å². The van der Waals surface area contributed by atoms with Crippen LogP contribution in [0.15, 0.2) is 47.5 Å². The SMILES string of the molecule is CN=C(NCCNC(=O)c1cccc(C)c1)NCc1cc(C)ccc1OC(F)F. The van der Waals surface area contributed by atoms with Gasteiger partial charge >= 0.3 is 6.61 Å². The van der Waals surface area contributed by atoms with Crippen molar-refractivity contribution >= 4 is 11.9 Å². The van der Waals surface area contributed by atoms with E-state index < -0.39 is 6.61 Å². The molecule has 0 saturated heterocycles. The minimum Gasteiger partial charge on any atom is -0.434 e. The Hall–Kier alpha value is -3.16. The zero-order valence-electron chi connectivity index (χ0n) is 16.8. The van der Waals surface area contributed by atoms with Crippen LogP contribution in [0.25, 0.3) is 0 Å². The average molecular weight is 404 g/mol. The molecule has 0 radical (unpaired) electrons. The van der Waals surface area contributed by atoms with Crippen molar-refractivity contribution in [2.75, 3.05) is 20.1 Å². The van der Waals surface area contributed by atoms with Crippen LogP contribution in [-0.2, 0) is 6.54 Å². The highest BCUT2D eigenvalue weighted by Gasteiger charge is 2.10. The number of carbonyl (C=O) groups excluding carboxylic acids is 1. The average Bonchev–Trinajstić information content (AvgIpc) is 2.68. The fraction of sp³-hybridized carbons (Fsp3) is 0.333. The van der Waals surface area contributed by atoms with Crippen LogP contribution in [0.4, 0.5) is 8.78 Å². The molecule has 3 N–H and O–H groups in total. The van der Waals surface area contributed by atoms with Crippen molar-refractivity contribution in [3.63, 3.8) is 0 Å². The lowest BCUT2D eigenvalue weighted by Gasteiger charge is -2.15. The normalized spacial score (nSPS) is 11.3. The molecule has 0 aliphatic carbocycles. The van der Waals surface area contributed by atoms with Crippen LogP contribution in [0.5, 0.6) is 5.75 Å². The molecule has 2 aromatic rings. The maximum absolute atomic E-state index is 12.6. The third-order valence-electron chi connectivity index (χ3n) is 4.09. The van der Waals surface area contributed by atoms with Gasteiger partial charge in [0.2, 0.25) is 0 Å². The Labute approximate surface area is 169 Å². The number of ether oxygens (including phenoxy) is 1. The minimum atomic E-state index is -2.88. The molecule has 2 rings (SSSR count). The van der Waals surface area contributed by atoms with Gasteiger partial charge in [-0.1, -0.05) is 35.4 Å². The van der Waals surface area contributed by atoms with E-state index >= 15 is 0 Å². The molecule has 1 amide bonds. The molecule has 29 heavy (non-hydrogen) atoms. The zero-order valence-corrected chi connectivity index (χ0v) is 16.8. The minimum absolute atomic E-state index is 0.124. The highest BCUT2D eigenvalue weighted by Crippen LogP contribution is 2.21. The van der Waals surface area contributed by atoms with Gasteiger partial charge in [0.1, 0.15) is 5.75 Å². The second-order valence-electron chi connectivity index (χ2n) is 6.47. The molecule has 2 aromatic carbocycles. The van der Waals surface area contributed by atoms with E-state index in [1.807, 2.05) is 32.0 Å². The standard InChI is InChI=1S/C21H26F2N4O2/c1-14-5-4-6-16(11-14)19(28)25-9-10-26-21(24-3)27-13-17-12-15(2)7-8-18(17)29-20(22)23/h4-8,11-12,20H,9-10,13H2,1-3H3,(H,25,28)(H2,24,26,27). The monoisotopic (exact) mass is 404 g/mol. The van der Waals surface area contributed by atoms with Gasteiger partial charge in [-0.3, -0.25) is 9.79 Å². The number of nitrogens with zero attached hydrogens (tertiary/aromatic N) is 1. The second-order valence-corrected chi connectivity index (χ2v) is 6.47. The van der Waals surface area contributed by atoms with E-state index in [-0.39, 0.29) is 18.2 Å². The number of aryl methyl sites for hydroxylation is 2. The maximum Gasteiger partial charge on any atom is 0.387 e. The summed E-state index contributed by atoms with van der Waals surface area (Å²) in [5.41, 5.74) is 3.16. The Morgan fingerprint density at radius 3 is 2.45 bits per heavy atom. The number of hydrogen-bond acceptors (Lipinski definition) is 3. The first kappa shape index (κ1) is 22.1. The summed E-state index contributed by atoms with van der Waals surface area (Å²) in [6.07, 6.45) is 0. The summed E-state index contributed by atoms with van der Waals surface area (Å²) in [6.45, 7) is 2.04. The topological polar surface area (TPSA) is 74.8 Å². The van der Waals surface area contributed by atoms with Crippen molar-refractivity contribution in [3.8, 4) is 5.75 Å². The van der Waals surface area contributed by atoms with Gasteiger partial charge in [-0.05, 0) is 32.0 Å². The number of carbonyl (C=O) groups is 1. The first-order valence-corrected chi connectivity index (χ1v) is 9.22. The Kier molecular flexibility index (Phi) is 8.39. The summed E-state index contributed by atoms with van der Waals surface area (Å²) in [5.74, 6) is 0.463. The van der Waals surface area contributed by atoms with Crippen molar-refractivity contribution in [2.24, 2.45) is 4.99 Å². The number of aliphatic imine (C=N–C) groups is 1. The van der Waals surface area contributed by atoms with Crippen LogP contribution >= 0.6 is 0 Å². The molecule has 0 heterocycles. The predicted molar refractivity (Wildman–Crippen MR) is 110 cm³/mol. The summed E-state index contributed by atoms with van der Waals surface area (Å²) in [7, 11) is 1.60. The number of guanidine groups is 1. The molecule has 0 bridgehead atoms. The fourth-order valence-corrected chi connectivity index (χ4v) is 2.70. The van der Waals surface area contributed by atoms with Gasteiger partial charge in [0.25, 0.3) is 5.91 Å². The Bertz CT molecular complexity index is 856. The van der Waals surface area contributed by atoms with Crippen molar-refractivity contribution in [2.45, 2.75) is 27.0 Å². The van der Waals surface area contributed by atoms with Crippen molar-refractivity contribution in [1.82, 2.24) is 16.0 Å². The molecule has 0 fully saturated rings. The first-order chi connectivity index (χ1) is 13.9. The molecule has 0 aliphatic heterocycles. The maximum atomic E-state index is 12.6. The van der Waals surface area contributed by atoms with Gasteiger partial charge in [-0.25, -0.2) is 0 Å². The molecule has 0 saturated carbocycles. The molecule has 6 nitrogen and oxygen atoms in total. The van der Waals surface area contributed by atoms with Gasteiger partial charge in [0, 0.05) is 37.8 Å². The highest BCUT2D eigenvalue weighted by molar-refractivity contribution is 5.94. The van der Waals surface area contributed by atoms with Crippen molar-refractivity contribution in [3.05, 3.63) is 64.7 Å². The summed E-state index contributed by atoms with van der Waals surface area (Å²) < 4.78 is 29.7. The van der Waals surface area contributed by atoms with Crippen LogP contribution in [-0.4, -0.2) is 38.6 Å². The number of rotatable bonds is 8. The number of amides is 1. The summed E-state index contributed by atoms with van der Waals surface area (Å²) in [4.78, 5) is 16.2. The van der Waals surface area contributed by atoms with Crippen molar-refractivity contribution < 1.29 is 18.3 Å². The van der Waals surface area contributed by atoms with Gasteiger partial charge in [-0.15, -0.1) is 0 Å². The Morgan fingerprint density at radius 1 is 1.03 bits per heavy atom. The lowest BCUT2D eigenvalue weighted by molar-refractivity contribution is -0.0504. The largest absolute Gasteiger partial charge is 0.434 e. The lowest BCUT2D eigenvalue weighted by Crippen LogP contribution is -2.41. The van der Waals surface area contributed by atoms with Crippen LogP contribution in [0.2, 0.25) is 0 Å².